The molecule has 17 heavy (non-hydrogen) atoms. The van der Waals surface area contributed by atoms with Crippen molar-refractivity contribution in [2.75, 3.05) is 18.4 Å². The fourth-order valence-corrected chi connectivity index (χ4v) is 1.64. The van der Waals surface area contributed by atoms with Crippen molar-refractivity contribution in [3.05, 3.63) is 32.3 Å². The lowest BCUT2D eigenvalue weighted by Gasteiger charge is -2.08. The van der Waals surface area contributed by atoms with Crippen molar-refractivity contribution in [2.24, 2.45) is 5.73 Å². The summed E-state index contributed by atoms with van der Waals surface area (Å²) in [7, 11) is 0. The van der Waals surface area contributed by atoms with Crippen molar-refractivity contribution in [3.8, 4) is 0 Å². The molecule has 0 spiro atoms. The van der Waals surface area contributed by atoms with Gasteiger partial charge in [0.15, 0.2) is 0 Å². The van der Waals surface area contributed by atoms with Gasteiger partial charge in [0.2, 0.25) is 0 Å². The second-order valence-corrected chi connectivity index (χ2v) is 4.28. The molecule has 0 aliphatic rings. The van der Waals surface area contributed by atoms with Gasteiger partial charge in [0.1, 0.15) is 5.69 Å². The molecule has 0 atom stereocenters. The molecule has 0 radical (unpaired) electrons. The van der Waals surface area contributed by atoms with Crippen molar-refractivity contribution in [1.82, 2.24) is 0 Å². The zero-order chi connectivity index (χ0) is 12.8. The van der Waals surface area contributed by atoms with Crippen LogP contribution in [0.5, 0.6) is 0 Å². The predicted octanol–water partition coefficient (Wildman–Crippen LogP) is 3.05. The van der Waals surface area contributed by atoms with E-state index in [1.54, 1.807) is 0 Å². The predicted molar refractivity (Wildman–Crippen MR) is 69.9 cm³/mol. The van der Waals surface area contributed by atoms with Gasteiger partial charge in [-0.15, -0.1) is 0 Å². The lowest BCUT2D eigenvalue weighted by Crippen LogP contribution is -2.07. The topological polar surface area (TPSA) is 81.2 Å². The fraction of sp³-hybridized carbons (Fsp3) is 0.400. The molecule has 0 heterocycles. The van der Waals surface area contributed by atoms with E-state index in [4.69, 9.17) is 28.9 Å². The Bertz CT molecular complexity index is 413. The second kappa shape index (κ2) is 6.64. The van der Waals surface area contributed by atoms with Crippen LogP contribution in [0, 0.1) is 10.1 Å². The molecule has 3 N–H and O–H groups in total. The van der Waals surface area contributed by atoms with Crippen LogP contribution in [0.15, 0.2) is 12.1 Å². The molecular weight excluding hydrogens is 265 g/mol. The number of anilines is 1. The van der Waals surface area contributed by atoms with Crippen LogP contribution in [0.4, 0.5) is 11.4 Å². The van der Waals surface area contributed by atoms with Crippen LogP contribution >= 0.6 is 23.2 Å². The van der Waals surface area contributed by atoms with E-state index in [9.17, 15) is 10.1 Å². The van der Waals surface area contributed by atoms with E-state index in [1.807, 2.05) is 0 Å². The molecule has 0 aromatic heterocycles. The minimum Gasteiger partial charge on any atom is -0.379 e. The molecule has 7 heteroatoms. The van der Waals surface area contributed by atoms with E-state index in [0.717, 1.165) is 12.8 Å². The molecule has 0 bridgehead atoms. The average molecular weight is 278 g/mol. The Kier molecular flexibility index (Phi) is 5.47. The third-order valence-corrected chi connectivity index (χ3v) is 2.90. The Morgan fingerprint density at radius 3 is 2.53 bits per heavy atom. The standard InChI is InChI=1S/C10H13Cl2N3O2/c11-7-5-9(14-4-2-1-3-13)10(15(16)17)6-8(7)12/h5-6,14H,1-4,13H2. The number of nitrogens with zero attached hydrogens (tertiary/aromatic N) is 1. The molecule has 0 saturated heterocycles. The normalized spacial score (nSPS) is 10.3. The summed E-state index contributed by atoms with van der Waals surface area (Å²) in [5.74, 6) is 0. The highest BCUT2D eigenvalue weighted by atomic mass is 35.5. The number of nitro benzene ring substituents is 1. The third-order valence-electron chi connectivity index (χ3n) is 2.18. The minimum absolute atomic E-state index is 0.0767. The third kappa shape index (κ3) is 4.03. The van der Waals surface area contributed by atoms with Gasteiger partial charge in [-0.05, 0) is 25.5 Å². The van der Waals surface area contributed by atoms with E-state index >= 15 is 0 Å². The van der Waals surface area contributed by atoms with Crippen LogP contribution in [0.3, 0.4) is 0 Å². The van der Waals surface area contributed by atoms with E-state index in [0.29, 0.717) is 23.8 Å². The molecule has 1 aromatic carbocycles. The van der Waals surface area contributed by atoms with Crippen molar-refractivity contribution in [1.29, 1.82) is 0 Å². The number of nitrogens with two attached hydrogens (primary N) is 1. The SMILES string of the molecule is NCCCCNc1cc(Cl)c(Cl)cc1[N+](=O)[O-]. The van der Waals surface area contributed by atoms with E-state index in [2.05, 4.69) is 5.32 Å². The number of nitrogens with one attached hydrogen (secondary N) is 1. The molecule has 0 aliphatic carbocycles. The molecule has 1 aromatic rings. The number of rotatable bonds is 6. The Morgan fingerprint density at radius 2 is 1.94 bits per heavy atom. The average Bonchev–Trinajstić information content (AvgIpc) is 2.28. The summed E-state index contributed by atoms with van der Waals surface area (Å²) in [6, 6.07) is 2.71. The van der Waals surface area contributed by atoms with Crippen molar-refractivity contribution >= 4 is 34.6 Å². The number of benzene rings is 1. The van der Waals surface area contributed by atoms with Crippen LogP contribution in [0.2, 0.25) is 10.0 Å². The van der Waals surface area contributed by atoms with Gasteiger partial charge in [0.25, 0.3) is 5.69 Å². The highest BCUT2D eigenvalue weighted by molar-refractivity contribution is 6.42. The van der Waals surface area contributed by atoms with E-state index < -0.39 is 4.92 Å². The highest BCUT2D eigenvalue weighted by Crippen LogP contribution is 2.33. The zero-order valence-corrected chi connectivity index (χ0v) is 10.6. The summed E-state index contributed by atoms with van der Waals surface area (Å²) in [5, 5.41) is 14.2. The molecule has 1 rings (SSSR count). The maximum atomic E-state index is 10.8. The van der Waals surface area contributed by atoms with Gasteiger partial charge in [-0.25, -0.2) is 0 Å². The lowest BCUT2D eigenvalue weighted by molar-refractivity contribution is -0.383. The Morgan fingerprint density at radius 1 is 1.29 bits per heavy atom. The van der Waals surface area contributed by atoms with Gasteiger partial charge >= 0.3 is 0 Å². The van der Waals surface area contributed by atoms with Crippen molar-refractivity contribution in [3.63, 3.8) is 0 Å². The Hall–Kier alpha value is -1.04. The summed E-state index contributed by atoms with van der Waals surface area (Å²) >= 11 is 11.5. The number of hydrogen-bond donors (Lipinski definition) is 2. The molecule has 5 nitrogen and oxygen atoms in total. The van der Waals surface area contributed by atoms with Crippen LogP contribution < -0.4 is 11.1 Å². The van der Waals surface area contributed by atoms with Crippen LogP contribution in [-0.2, 0) is 0 Å². The maximum Gasteiger partial charge on any atom is 0.293 e. The molecule has 0 saturated carbocycles. The van der Waals surface area contributed by atoms with Gasteiger partial charge in [-0.2, -0.15) is 0 Å². The molecule has 94 valence electrons. The van der Waals surface area contributed by atoms with Crippen LogP contribution in [0.25, 0.3) is 0 Å². The summed E-state index contributed by atoms with van der Waals surface area (Å²) in [5.41, 5.74) is 5.66. The van der Waals surface area contributed by atoms with Crippen molar-refractivity contribution in [2.45, 2.75) is 12.8 Å². The quantitative estimate of drug-likeness (QED) is 0.476. The van der Waals surface area contributed by atoms with Crippen molar-refractivity contribution < 1.29 is 4.92 Å². The van der Waals surface area contributed by atoms with Gasteiger partial charge in [-0.1, -0.05) is 23.2 Å². The smallest absolute Gasteiger partial charge is 0.293 e. The highest BCUT2D eigenvalue weighted by Gasteiger charge is 2.16. The molecule has 0 unspecified atom stereocenters. The number of halogens is 2. The van der Waals surface area contributed by atoms with Crippen LogP contribution in [-0.4, -0.2) is 18.0 Å². The first-order valence-electron chi connectivity index (χ1n) is 5.13. The van der Waals surface area contributed by atoms with Crippen LogP contribution in [0.1, 0.15) is 12.8 Å². The minimum atomic E-state index is -0.493. The monoisotopic (exact) mass is 277 g/mol. The Labute approximate surface area is 109 Å². The maximum absolute atomic E-state index is 10.8. The first kappa shape index (κ1) is 14.0. The second-order valence-electron chi connectivity index (χ2n) is 3.46. The molecule has 0 fully saturated rings. The molecule has 0 amide bonds. The first-order chi connectivity index (χ1) is 8.06. The fourth-order valence-electron chi connectivity index (χ4n) is 1.32. The summed E-state index contributed by atoms with van der Waals surface area (Å²) in [6.45, 7) is 1.21. The number of hydrogen-bond acceptors (Lipinski definition) is 4. The molecule has 0 aliphatic heterocycles. The van der Waals surface area contributed by atoms with Gasteiger partial charge < -0.3 is 11.1 Å². The van der Waals surface area contributed by atoms with E-state index in [-0.39, 0.29) is 10.7 Å². The van der Waals surface area contributed by atoms with Gasteiger partial charge in [0.05, 0.1) is 15.0 Å². The zero-order valence-electron chi connectivity index (χ0n) is 9.08. The lowest BCUT2D eigenvalue weighted by atomic mass is 10.2. The number of unbranched alkanes of at least 4 members (excludes halogenated alkanes) is 1. The molecular formula is C10H13Cl2N3O2. The van der Waals surface area contributed by atoms with Gasteiger partial charge in [-0.3, -0.25) is 10.1 Å². The summed E-state index contributed by atoms with van der Waals surface area (Å²) < 4.78 is 0. The first-order valence-corrected chi connectivity index (χ1v) is 5.89. The van der Waals surface area contributed by atoms with E-state index in [1.165, 1.54) is 12.1 Å². The Balaban J connectivity index is 2.81. The largest absolute Gasteiger partial charge is 0.379 e. The van der Waals surface area contributed by atoms with Gasteiger partial charge in [0, 0.05) is 12.6 Å². The number of nitro groups is 1. The summed E-state index contributed by atoms with van der Waals surface area (Å²) in [6.07, 6.45) is 1.70. The summed E-state index contributed by atoms with van der Waals surface area (Å²) in [4.78, 5) is 10.3.